The summed E-state index contributed by atoms with van der Waals surface area (Å²) in [5.74, 6) is 0.865. The van der Waals surface area contributed by atoms with Crippen molar-refractivity contribution in [3.05, 3.63) is 63.8 Å². The lowest BCUT2D eigenvalue weighted by Gasteiger charge is -2.12. The normalized spacial score (nSPS) is 12.5. The summed E-state index contributed by atoms with van der Waals surface area (Å²) >= 11 is 6.06. The van der Waals surface area contributed by atoms with E-state index < -0.39 is 0 Å². The van der Waals surface area contributed by atoms with E-state index >= 15 is 0 Å². The lowest BCUT2D eigenvalue weighted by molar-refractivity contribution is 0.0665. The predicted molar refractivity (Wildman–Crippen MR) is 125 cm³/mol. The van der Waals surface area contributed by atoms with E-state index in [1.54, 1.807) is 27.5 Å². The highest BCUT2D eigenvalue weighted by Gasteiger charge is 2.17. The van der Waals surface area contributed by atoms with E-state index in [1.807, 2.05) is 30.3 Å². The Morgan fingerprint density at radius 2 is 1.84 bits per heavy atom. The first-order valence-electron chi connectivity index (χ1n) is 10.2. The van der Waals surface area contributed by atoms with Crippen molar-refractivity contribution in [1.29, 1.82) is 0 Å². The molecule has 0 radical (unpaired) electrons. The number of aromatic amines is 1. The molecule has 3 aromatic rings. The largest absolute Gasteiger partial charge is 0.496 e. The van der Waals surface area contributed by atoms with Crippen molar-refractivity contribution < 1.29 is 19.0 Å². The number of benzene rings is 2. The first-order valence-corrected chi connectivity index (χ1v) is 10.5. The topological polar surface area (TPSA) is 65.1 Å². The molecule has 0 aliphatic carbocycles. The molecular formula is C24H29ClN2O4. The van der Waals surface area contributed by atoms with Gasteiger partial charge in [-0.1, -0.05) is 28.9 Å². The number of methoxy groups -OCH3 is 3. The minimum absolute atomic E-state index is 0.227. The molecule has 1 N–H and O–H groups in total. The molecule has 166 valence electrons. The Morgan fingerprint density at radius 1 is 1.06 bits per heavy atom. The second-order valence-electron chi connectivity index (χ2n) is 7.27. The number of nitrogens with zero attached hydrogens (tertiary/aromatic N) is 1. The van der Waals surface area contributed by atoms with Crippen LogP contribution in [-0.2, 0) is 27.2 Å². The van der Waals surface area contributed by atoms with E-state index in [1.165, 1.54) is 16.5 Å². The molecule has 0 amide bonds. The molecule has 2 aromatic carbocycles. The number of hydrogen-bond donors (Lipinski definition) is 1. The van der Waals surface area contributed by atoms with E-state index in [9.17, 15) is 0 Å². The van der Waals surface area contributed by atoms with Crippen molar-refractivity contribution >= 4 is 28.7 Å². The summed E-state index contributed by atoms with van der Waals surface area (Å²) in [5, 5.41) is 5.93. The van der Waals surface area contributed by atoms with Crippen molar-refractivity contribution in [2.24, 2.45) is 5.16 Å². The lowest BCUT2D eigenvalue weighted by Crippen LogP contribution is -2.18. The van der Waals surface area contributed by atoms with E-state index in [4.69, 9.17) is 30.6 Å². The highest BCUT2D eigenvalue weighted by molar-refractivity contribution is 6.30. The fourth-order valence-electron chi connectivity index (χ4n) is 3.68. The molecule has 0 fully saturated rings. The smallest absolute Gasteiger partial charge is 0.123 e. The van der Waals surface area contributed by atoms with Gasteiger partial charge in [0, 0.05) is 54.2 Å². The third kappa shape index (κ3) is 5.79. The zero-order valence-corrected chi connectivity index (χ0v) is 19.2. The van der Waals surface area contributed by atoms with Crippen LogP contribution in [0.4, 0.5) is 0 Å². The number of aromatic nitrogens is 1. The second kappa shape index (κ2) is 11.2. The average Bonchev–Trinajstić information content (AvgIpc) is 3.10. The molecule has 7 heteroatoms. The standard InChI is InChI=1S/C24H29ClN2O4/c1-16-20(11-12-31-26-14-19(29-3)15-28-2)24-21(13-17-5-7-18(25)8-6-17)23(30-4)10-9-22(24)27-16/h5-10,14,19,27H,11-13,15H2,1-4H3. The van der Waals surface area contributed by atoms with Gasteiger partial charge < -0.3 is 24.0 Å². The van der Waals surface area contributed by atoms with Crippen LogP contribution in [0, 0.1) is 6.92 Å². The van der Waals surface area contributed by atoms with Gasteiger partial charge >= 0.3 is 0 Å². The first kappa shape index (κ1) is 23.1. The molecule has 6 nitrogen and oxygen atoms in total. The summed E-state index contributed by atoms with van der Waals surface area (Å²) < 4.78 is 16.0. The Morgan fingerprint density at radius 3 is 2.52 bits per heavy atom. The number of ether oxygens (including phenoxy) is 3. The Bertz CT molecular complexity index is 1010. The van der Waals surface area contributed by atoms with Crippen LogP contribution < -0.4 is 4.74 Å². The summed E-state index contributed by atoms with van der Waals surface area (Å²) in [7, 11) is 4.94. The minimum atomic E-state index is -0.227. The number of H-pyrrole nitrogens is 1. The van der Waals surface area contributed by atoms with Gasteiger partial charge in [0.05, 0.1) is 19.9 Å². The number of rotatable bonds is 11. The highest BCUT2D eigenvalue weighted by Crippen LogP contribution is 2.34. The van der Waals surface area contributed by atoms with Crippen LogP contribution in [0.15, 0.2) is 41.6 Å². The van der Waals surface area contributed by atoms with Crippen molar-refractivity contribution in [2.75, 3.05) is 34.5 Å². The summed E-state index contributed by atoms with van der Waals surface area (Å²) in [6.45, 7) is 2.96. The SMILES string of the molecule is COCC(C=NOCCc1c(C)[nH]c2ccc(OC)c(Cc3ccc(Cl)cc3)c12)OC. The highest BCUT2D eigenvalue weighted by atomic mass is 35.5. The first-order chi connectivity index (χ1) is 15.1. The fourth-order valence-corrected chi connectivity index (χ4v) is 3.80. The van der Waals surface area contributed by atoms with Crippen LogP contribution in [0.2, 0.25) is 5.02 Å². The molecule has 31 heavy (non-hydrogen) atoms. The van der Waals surface area contributed by atoms with Gasteiger partial charge in [0.25, 0.3) is 0 Å². The number of fused-ring (bicyclic) bond motifs is 1. The number of hydrogen-bond acceptors (Lipinski definition) is 5. The summed E-state index contributed by atoms with van der Waals surface area (Å²) in [6.07, 6.45) is 2.84. The maximum Gasteiger partial charge on any atom is 0.123 e. The van der Waals surface area contributed by atoms with Crippen LogP contribution in [0.5, 0.6) is 5.75 Å². The molecule has 0 spiro atoms. The van der Waals surface area contributed by atoms with Crippen LogP contribution >= 0.6 is 11.6 Å². The maximum atomic E-state index is 6.06. The quantitative estimate of drug-likeness (QED) is 0.258. The monoisotopic (exact) mass is 444 g/mol. The Hall–Kier alpha value is -2.54. The van der Waals surface area contributed by atoms with Crippen molar-refractivity contribution in [2.45, 2.75) is 25.9 Å². The lowest BCUT2D eigenvalue weighted by atomic mass is 9.96. The molecule has 3 rings (SSSR count). The Balaban J connectivity index is 1.83. The molecule has 0 saturated heterocycles. The van der Waals surface area contributed by atoms with Gasteiger partial charge in [0.1, 0.15) is 18.5 Å². The van der Waals surface area contributed by atoms with E-state index in [2.05, 4.69) is 23.1 Å². The van der Waals surface area contributed by atoms with Gasteiger partial charge in [-0.2, -0.15) is 0 Å². The molecule has 0 saturated carbocycles. The third-order valence-corrected chi connectivity index (χ3v) is 5.49. The number of nitrogens with one attached hydrogen (secondary N) is 1. The van der Waals surface area contributed by atoms with Gasteiger partial charge in [0.2, 0.25) is 0 Å². The molecule has 1 aromatic heterocycles. The average molecular weight is 445 g/mol. The zero-order chi connectivity index (χ0) is 22.2. The number of aryl methyl sites for hydroxylation is 1. The molecule has 1 unspecified atom stereocenters. The molecule has 0 bridgehead atoms. The summed E-state index contributed by atoms with van der Waals surface area (Å²) in [6, 6.07) is 12.0. The van der Waals surface area contributed by atoms with Crippen LogP contribution in [0.3, 0.4) is 0 Å². The third-order valence-electron chi connectivity index (χ3n) is 5.24. The summed E-state index contributed by atoms with van der Waals surface area (Å²) in [5.41, 5.74) is 5.71. The summed E-state index contributed by atoms with van der Waals surface area (Å²) in [4.78, 5) is 8.98. The fraction of sp³-hybridized carbons (Fsp3) is 0.375. The zero-order valence-electron chi connectivity index (χ0n) is 18.4. The molecular weight excluding hydrogens is 416 g/mol. The predicted octanol–water partition coefficient (Wildman–Crippen LogP) is 4.94. The van der Waals surface area contributed by atoms with E-state index in [0.29, 0.717) is 19.6 Å². The van der Waals surface area contributed by atoms with Crippen LogP contribution in [-0.4, -0.2) is 51.8 Å². The van der Waals surface area contributed by atoms with Gasteiger partial charge in [-0.15, -0.1) is 0 Å². The van der Waals surface area contributed by atoms with Gasteiger partial charge in [-0.25, -0.2) is 0 Å². The van der Waals surface area contributed by atoms with Crippen LogP contribution in [0.1, 0.15) is 22.4 Å². The number of halogens is 1. The van der Waals surface area contributed by atoms with Gasteiger partial charge in [0.15, 0.2) is 0 Å². The maximum absolute atomic E-state index is 6.06. The molecule has 0 aliphatic heterocycles. The van der Waals surface area contributed by atoms with Crippen molar-refractivity contribution in [3.63, 3.8) is 0 Å². The second-order valence-corrected chi connectivity index (χ2v) is 7.70. The number of oxime groups is 1. The van der Waals surface area contributed by atoms with Crippen LogP contribution in [0.25, 0.3) is 10.9 Å². The van der Waals surface area contributed by atoms with E-state index in [-0.39, 0.29) is 6.10 Å². The molecule has 0 aliphatic rings. The molecule has 1 atom stereocenters. The van der Waals surface area contributed by atoms with E-state index in [0.717, 1.165) is 34.0 Å². The van der Waals surface area contributed by atoms with Crippen molar-refractivity contribution in [1.82, 2.24) is 4.98 Å². The van der Waals surface area contributed by atoms with Gasteiger partial charge in [-0.05, 0) is 42.3 Å². The Kier molecular flexibility index (Phi) is 8.35. The molecule has 1 heterocycles. The Labute approximate surface area is 188 Å². The van der Waals surface area contributed by atoms with Crippen molar-refractivity contribution in [3.8, 4) is 5.75 Å². The minimum Gasteiger partial charge on any atom is -0.496 e. The van der Waals surface area contributed by atoms with Gasteiger partial charge in [-0.3, -0.25) is 0 Å².